The maximum Gasteiger partial charge on any atom is 0.408 e. The van der Waals surface area contributed by atoms with Crippen molar-refractivity contribution in [3.63, 3.8) is 0 Å². The minimum absolute atomic E-state index is 0.126. The number of amides is 2. The number of hydrogen-bond acceptors (Lipinski definition) is 5. The molecule has 1 atom stereocenters. The van der Waals surface area contributed by atoms with Gasteiger partial charge in [-0.3, -0.25) is 9.59 Å². The van der Waals surface area contributed by atoms with Crippen molar-refractivity contribution in [3.8, 4) is 11.1 Å². The number of ether oxygens (including phenoxy) is 1. The Morgan fingerprint density at radius 2 is 1.63 bits per heavy atom. The molecule has 0 spiro atoms. The Morgan fingerprint density at radius 1 is 1.03 bits per heavy atom. The molecule has 0 saturated carbocycles. The Balaban J connectivity index is 1.50. The van der Waals surface area contributed by atoms with Crippen LogP contribution in [0.25, 0.3) is 11.1 Å². The fourth-order valence-electron chi connectivity index (χ4n) is 3.89. The summed E-state index contributed by atoms with van der Waals surface area (Å²) in [5, 5.41) is 12.8. The van der Waals surface area contributed by atoms with Crippen LogP contribution in [0.4, 0.5) is 18.0 Å². The van der Waals surface area contributed by atoms with Gasteiger partial charge in [0.25, 0.3) is 0 Å². The standard InChI is InChI=1S/C24H25F3N2O5S/c25-24(26,27)20(9-10-21(30)28-11-12-35-14-22(31)32)29-23(33)34-13-19-17-7-3-1-5-15(17)16-6-2-4-8-18(16)19/h1-8,19-20H,9-14H2,(H,28,30)(H,29,33)(H,31,32)/t20-/m0/s1. The van der Waals surface area contributed by atoms with E-state index >= 15 is 0 Å². The van der Waals surface area contributed by atoms with Gasteiger partial charge in [-0.05, 0) is 28.7 Å². The molecule has 0 fully saturated rings. The van der Waals surface area contributed by atoms with Crippen molar-refractivity contribution in [3.05, 3.63) is 59.7 Å². The number of carboxylic acids is 1. The Labute approximate surface area is 204 Å². The van der Waals surface area contributed by atoms with Crippen molar-refractivity contribution in [1.29, 1.82) is 0 Å². The Morgan fingerprint density at radius 3 is 2.20 bits per heavy atom. The molecule has 3 N–H and O–H groups in total. The molecule has 0 bridgehead atoms. The molecular formula is C24H25F3N2O5S. The van der Waals surface area contributed by atoms with E-state index < -0.39 is 43.0 Å². The van der Waals surface area contributed by atoms with Gasteiger partial charge in [0.15, 0.2) is 0 Å². The molecule has 0 saturated heterocycles. The molecule has 0 unspecified atom stereocenters. The van der Waals surface area contributed by atoms with Crippen LogP contribution in [0.3, 0.4) is 0 Å². The second-order valence-electron chi connectivity index (χ2n) is 7.90. The first-order valence-corrected chi connectivity index (χ1v) is 12.1. The molecular weight excluding hydrogens is 485 g/mol. The van der Waals surface area contributed by atoms with Crippen molar-refractivity contribution in [2.24, 2.45) is 0 Å². The zero-order chi connectivity index (χ0) is 25.4. The summed E-state index contributed by atoms with van der Waals surface area (Å²) in [5.74, 6) is -1.71. The largest absolute Gasteiger partial charge is 0.481 e. The maximum atomic E-state index is 13.4. The van der Waals surface area contributed by atoms with Gasteiger partial charge in [0, 0.05) is 24.6 Å². The number of alkyl carbamates (subject to hydrolysis) is 1. The van der Waals surface area contributed by atoms with Gasteiger partial charge in [-0.1, -0.05) is 48.5 Å². The SMILES string of the molecule is O=C(O)CSCCNC(=O)CC[C@H](NC(=O)OCC1c2ccccc2-c2ccccc21)C(F)(F)F. The van der Waals surface area contributed by atoms with Crippen molar-refractivity contribution in [2.75, 3.05) is 24.7 Å². The minimum atomic E-state index is -4.76. The lowest BCUT2D eigenvalue weighted by molar-refractivity contribution is -0.156. The van der Waals surface area contributed by atoms with Gasteiger partial charge in [-0.2, -0.15) is 13.2 Å². The van der Waals surface area contributed by atoms with Crippen LogP contribution in [0.2, 0.25) is 0 Å². The Kier molecular flexibility index (Phi) is 9.02. The lowest BCUT2D eigenvalue weighted by atomic mass is 9.98. The van der Waals surface area contributed by atoms with Crippen LogP contribution in [0.15, 0.2) is 48.5 Å². The monoisotopic (exact) mass is 510 g/mol. The smallest absolute Gasteiger partial charge is 0.408 e. The highest BCUT2D eigenvalue weighted by molar-refractivity contribution is 7.99. The zero-order valence-corrected chi connectivity index (χ0v) is 19.5. The summed E-state index contributed by atoms with van der Waals surface area (Å²) >= 11 is 1.08. The highest BCUT2D eigenvalue weighted by Gasteiger charge is 2.41. The summed E-state index contributed by atoms with van der Waals surface area (Å²) in [6, 6.07) is 12.9. The molecule has 2 amide bonds. The topological polar surface area (TPSA) is 105 Å². The molecule has 3 rings (SSSR count). The van der Waals surface area contributed by atoms with E-state index in [4.69, 9.17) is 9.84 Å². The minimum Gasteiger partial charge on any atom is -0.481 e. The van der Waals surface area contributed by atoms with E-state index in [9.17, 15) is 27.6 Å². The van der Waals surface area contributed by atoms with E-state index in [2.05, 4.69) is 5.32 Å². The third-order valence-corrected chi connectivity index (χ3v) is 6.43. The fourth-order valence-corrected chi connectivity index (χ4v) is 4.45. The van der Waals surface area contributed by atoms with Gasteiger partial charge in [-0.15, -0.1) is 11.8 Å². The quantitative estimate of drug-likeness (QED) is 0.392. The summed E-state index contributed by atoms with van der Waals surface area (Å²) in [7, 11) is 0. The predicted octanol–water partition coefficient (Wildman–Crippen LogP) is 4.17. The van der Waals surface area contributed by atoms with Crippen molar-refractivity contribution < 1.29 is 37.4 Å². The summed E-state index contributed by atoms with van der Waals surface area (Å²) in [4.78, 5) is 34.5. The van der Waals surface area contributed by atoms with E-state index in [1.165, 1.54) is 0 Å². The first kappa shape index (κ1) is 26.4. The molecule has 188 valence electrons. The number of benzene rings is 2. The molecule has 35 heavy (non-hydrogen) atoms. The second-order valence-corrected chi connectivity index (χ2v) is 9.00. The third-order valence-electron chi connectivity index (χ3n) is 5.49. The molecule has 11 heteroatoms. The first-order valence-electron chi connectivity index (χ1n) is 10.9. The predicted molar refractivity (Wildman–Crippen MR) is 125 cm³/mol. The van der Waals surface area contributed by atoms with Gasteiger partial charge in [0.1, 0.15) is 12.6 Å². The third kappa shape index (κ3) is 7.38. The number of alkyl halides is 3. The van der Waals surface area contributed by atoms with Gasteiger partial charge in [0.2, 0.25) is 5.91 Å². The second kappa shape index (κ2) is 12.0. The summed E-state index contributed by atoms with van der Waals surface area (Å²) in [5.41, 5.74) is 3.87. The molecule has 0 radical (unpaired) electrons. The number of rotatable bonds is 11. The number of nitrogens with one attached hydrogen (secondary N) is 2. The van der Waals surface area contributed by atoms with Crippen molar-refractivity contribution in [1.82, 2.24) is 10.6 Å². The number of hydrogen-bond donors (Lipinski definition) is 3. The molecule has 0 aliphatic heterocycles. The van der Waals surface area contributed by atoms with Crippen LogP contribution >= 0.6 is 11.8 Å². The fraction of sp³-hybridized carbons (Fsp3) is 0.375. The highest BCUT2D eigenvalue weighted by Crippen LogP contribution is 2.44. The average molecular weight is 511 g/mol. The van der Waals surface area contributed by atoms with Crippen LogP contribution in [-0.4, -0.2) is 60.0 Å². The number of carboxylic acid groups (broad SMARTS) is 1. The number of halogens is 3. The lowest BCUT2D eigenvalue weighted by Crippen LogP contribution is -2.46. The number of carbonyl (C=O) groups excluding carboxylic acids is 2. The highest BCUT2D eigenvalue weighted by atomic mass is 32.2. The van der Waals surface area contributed by atoms with Gasteiger partial charge >= 0.3 is 18.2 Å². The molecule has 2 aromatic rings. The van der Waals surface area contributed by atoms with E-state index in [-0.39, 0.29) is 24.8 Å². The summed E-state index contributed by atoms with van der Waals surface area (Å²) in [6.07, 6.45) is -7.08. The van der Waals surface area contributed by atoms with Crippen LogP contribution in [0.1, 0.15) is 29.9 Å². The molecule has 0 aromatic heterocycles. The maximum absolute atomic E-state index is 13.4. The van der Waals surface area contributed by atoms with Crippen LogP contribution < -0.4 is 10.6 Å². The van der Waals surface area contributed by atoms with Gasteiger partial charge in [0.05, 0.1) is 5.75 Å². The molecule has 2 aromatic carbocycles. The normalized spacial score (nSPS) is 13.5. The number of fused-ring (bicyclic) bond motifs is 3. The van der Waals surface area contributed by atoms with Crippen molar-refractivity contribution in [2.45, 2.75) is 31.0 Å². The van der Waals surface area contributed by atoms with E-state index in [0.29, 0.717) is 5.75 Å². The molecule has 1 aliphatic carbocycles. The van der Waals surface area contributed by atoms with Crippen LogP contribution in [0, 0.1) is 0 Å². The number of thioether (sulfide) groups is 1. The van der Waals surface area contributed by atoms with Crippen LogP contribution in [-0.2, 0) is 14.3 Å². The first-order chi connectivity index (χ1) is 16.7. The summed E-state index contributed by atoms with van der Waals surface area (Å²) in [6.45, 7) is 0.00616. The van der Waals surface area contributed by atoms with E-state index in [1.807, 2.05) is 53.8 Å². The molecule has 7 nitrogen and oxygen atoms in total. The molecule has 0 heterocycles. The summed E-state index contributed by atoms with van der Waals surface area (Å²) < 4.78 is 45.5. The average Bonchev–Trinajstić information content (AvgIpc) is 3.13. The lowest BCUT2D eigenvalue weighted by Gasteiger charge is -2.22. The van der Waals surface area contributed by atoms with E-state index in [0.717, 1.165) is 34.0 Å². The van der Waals surface area contributed by atoms with Gasteiger partial charge < -0.3 is 20.5 Å². The van der Waals surface area contributed by atoms with Crippen molar-refractivity contribution >= 4 is 29.7 Å². The van der Waals surface area contributed by atoms with Crippen LogP contribution in [0.5, 0.6) is 0 Å². The van der Waals surface area contributed by atoms with Gasteiger partial charge in [-0.25, -0.2) is 4.79 Å². The Hall–Kier alpha value is -3.21. The van der Waals surface area contributed by atoms with E-state index in [1.54, 1.807) is 0 Å². The zero-order valence-electron chi connectivity index (χ0n) is 18.6. The molecule has 1 aliphatic rings. The number of carbonyl (C=O) groups is 3. The Bertz CT molecular complexity index is 1020. The number of aliphatic carboxylic acids is 1.